The second kappa shape index (κ2) is 13.7. The van der Waals surface area contributed by atoms with Crippen molar-refractivity contribution in [2.75, 3.05) is 32.7 Å². The zero-order chi connectivity index (χ0) is 18.8. The number of benzene rings is 1. The lowest BCUT2D eigenvalue weighted by Gasteiger charge is -2.17. The maximum absolute atomic E-state index is 11.6. The summed E-state index contributed by atoms with van der Waals surface area (Å²) in [5.41, 5.74) is 0. The lowest BCUT2D eigenvalue weighted by Crippen LogP contribution is -2.39. The molecule has 1 saturated heterocycles. The molecule has 0 spiro atoms. The Morgan fingerprint density at radius 3 is 2.70 bits per heavy atom. The van der Waals surface area contributed by atoms with Gasteiger partial charge in [-0.15, -0.1) is 35.7 Å². The number of nitrogens with one attached hydrogen (secondary N) is 2. The van der Waals surface area contributed by atoms with Gasteiger partial charge in [-0.05, 0) is 44.0 Å². The topological polar surface area (TPSA) is 56.7 Å². The summed E-state index contributed by atoms with van der Waals surface area (Å²) in [5.74, 6) is 1.15. The normalized spacial score (nSPS) is 15.4. The molecule has 1 aromatic rings. The average Bonchev–Trinajstić information content (AvgIpc) is 3.03. The first-order valence-electron chi connectivity index (χ1n) is 9.30. The van der Waals surface area contributed by atoms with Gasteiger partial charge in [0, 0.05) is 47.2 Å². The van der Waals surface area contributed by atoms with Crippen LogP contribution in [0.3, 0.4) is 0 Å². The van der Waals surface area contributed by atoms with E-state index in [1.165, 1.54) is 4.90 Å². The molecule has 27 heavy (non-hydrogen) atoms. The third kappa shape index (κ3) is 9.51. The van der Waals surface area contributed by atoms with Gasteiger partial charge in [0.05, 0.1) is 6.54 Å². The Morgan fingerprint density at radius 1 is 1.33 bits per heavy atom. The van der Waals surface area contributed by atoms with Gasteiger partial charge in [0.2, 0.25) is 5.91 Å². The Hall–Kier alpha value is -0.480. The van der Waals surface area contributed by atoms with Crippen LogP contribution in [0.25, 0.3) is 0 Å². The van der Waals surface area contributed by atoms with Crippen molar-refractivity contribution >= 4 is 63.5 Å². The van der Waals surface area contributed by atoms with Crippen molar-refractivity contribution in [2.24, 2.45) is 4.99 Å². The number of likely N-dealkylation sites (tertiary alicyclic amines) is 1. The third-order valence-electron chi connectivity index (χ3n) is 4.07. The molecule has 0 bridgehead atoms. The van der Waals surface area contributed by atoms with Crippen LogP contribution in [0.5, 0.6) is 0 Å². The lowest BCUT2D eigenvalue weighted by molar-refractivity contribution is -0.127. The minimum absolute atomic E-state index is 0. The van der Waals surface area contributed by atoms with Crippen LogP contribution in [-0.2, 0) is 4.79 Å². The molecule has 8 heteroatoms. The Labute approximate surface area is 192 Å². The number of nitrogens with zero attached hydrogens (tertiary/aromatic N) is 2. The predicted molar refractivity (Wildman–Crippen MR) is 129 cm³/mol. The summed E-state index contributed by atoms with van der Waals surface area (Å²) in [6, 6.07) is 8.38. The molecule has 1 unspecified atom stereocenters. The van der Waals surface area contributed by atoms with Crippen LogP contribution < -0.4 is 10.6 Å². The van der Waals surface area contributed by atoms with Crippen molar-refractivity contribution in [2.45, 2.75) is 43.3 Å². The molecule has 0 radical (unpaired) electrons. The average molecular weight is 569 g/mol. The van der Waals surface area contributed by atoms with Gasteiger partial charge in [-0.2, -0.15) is 0 Å². The molecule has 1 fully saturated rings. The standard InChI is InChI=1S/C19H29BrN4OS.HI/c1-3-21-19(22-11-5-13-24-12-4-6-18(24)25)23-14-15(2)26-17-9-7-16(20)8-10-17;/h7-10,15H,3-6,11-14H2,1-2H3,(H2,21,22,23);1H. The Kier molecular flexibility index (Phi) is 12.4. The van der Waals surface area contributed by atoms with Crippen LogP contribution in [0.1, 0.15) is 33.1 Å². The molecule has 152 valence electrons. The number of carbonyl (C=O) groups excluding carboxylic acids is 1. The Balaban J connectivity index is 0.00000364. The van der Waals surface area contributed by atoms with Crippen molar-refractivity contribution in [3.05, 3.63) is 28.7 Å². The highest BCUT2D eigenvalue weighted by Crippen LogP contribution is 2.24. The van der Waals surface area contributed by atoms with E-state index >= 15 is 0 Å². The molecule has 1 heterocycles. The van der Waals surface area contributed by atoms with E-state index in [1.54, 1.807) is 0 Å². The molecule has 2 rings (SSSR count). The van der Waals surface area contributed by atoms with Crippen molar-refractivity contribution in [3.63, 3.8) is 0 Å². The highest BCUT2D eigenvalue weighted by atomic mass is 127. The van der Waals surface area contributed by atoms with Crippen molar-refractivity contribution in [1.29, 1.82) is 0 Å². The Morgan fingerprint density at radius 2 is 2.07 bits per heavy atom. The smallest absolute Gasteiger partial charge is 0.222 e. The summed E-state index contributed by atoms with van der Waals surface area (Å²) in [4.78, 5) is 19.5. The van der Waals surface area contributed by atoms with Crippen LogP contribution >= 0.6 is 51.7 Å². The summed E-state index contributed by atoms with van der Waals surface area (Å²) in [6.07, 6.45) is 2.66. The number of thioether (sulfide) groups is 1. The summed E-state index contributed by atoms with van der Waals surface area (Å²) in [7, 11) is 0. The molecule has 0 saturated carbocycles. The second-order valence-electron chi connectivity index (χ2n) is 6.37. The van der Waals surface area contributed by atoms with Crippen LogP contribution in [0, 0.1) is 0 Å². The number of hydrogen-bond acceptors (Lipinski definition) is 3. The molecule has 2 N–H and O–H groups in total. The van der Waals surface area contributed by atoms with Crippen LogP contribution in [0.4, 0.5) is 0 Å². The number of guanidine groups is 1. The van der Waals surface area contributed by atoms with E-state index in [2.05, 4.69) is 64.7 Å². The van der Waals surface area contributed by atoms with Crippen LogP contribution in [-0.4, -0.2) is 54.7 Å². The molecule has 0 aromatic heterocycles. The molecular weight excluding hydrogens is 539 g/mol. The number of aliphatic imine (C=N–C) groups is 1. The van der Waals surface area contributed by atoms with E-state index in [0.717, 1.165) is 56.0 Å². The van der Waals surface area contributed by atoms with E-state index in [9.17, 15) is 4.79 Å². The van der Waals surface area contributed by atoms with Gasteiger partial charge in [0.25, 0.3) is 0 Å². The van der Waals surface area contributed by atoms with Gasteiger partial charge in [-0.1, -0.05) is 22.9 Å². The van der Waals surface area contributed by atoms with Crippen molar-refractivity contribution < 1.29 is 4.79 Å². The first-order chi connectivity index (χ1) is 12.6. The zero-order valence-electron chi connectivity index (χ0n) is 16.0. The lowest BCUT2D eigenvalue weighted by atomic mass is 10.4. The summed E-state index contributed by atoms with van der Waals surface area (Å²) in [5, 5.41) is 7.06. The Bertz CT molecular complexity index is 600. The van der Waals surface area contributed by atoms with Gasteiger partial charge in [-0.25, -0.2) is 0 Å². The highest BCUT2D eigenvalue weighted by Gasteiger charge is 2.18. The molecule has 1 atom stereocenters. The fourth-order valence-electron chi connectivity index (χ4n) is 2.76. The first kappa shape index (κ1) is 24.6. The first-order valence-corrected chi connectivity index (χ1v) is 11.0. The predicted octanol–water partition coefficient (Wildman–Crippen LogP) is 4.12. The molecule has 0 aliphatic carbocycles. The van der Waals surface area contributed by atoms with E-state index in [4.69, 9.17) is 4.99 Å². The monoisotopic (exact) mass is 568 g/mol. The van der Waals surface area contributed by atoms with E-state index in [-0.39, 0.29) is 24.0 Å². The van der Waals surface area contributed by atoms with Crippen molar-refractivity contribution in [1.82, 2.24) is 15.5 Å². The number of carbonyl (C=O) groups is 1. The fourth-order valence-corrected chi connectivity index (χ4v) is 3.93. The summed E-state index contributed by atoms with van der Waals surface area (Å²) < 4.78 is 1.10. The minimum Gasteiger partial charge on any atom is -0.357 e. The van der Waals surface area contributed by atoms with Gasteiger partial charge < -0.3 is 15.5 Å². The highest BCUT2D eigenvalue weighted by molar-refractivity contribution is 14.0. The molecule has 1 aliphatic heterocycles. The minimum atomic E-state index is 0. The molecule has 5 nitrogen and oxygen atoms in total. The van der Waals surface area contributed by atoms with Gasteiger partial charge in [0.15, 0.2) is 5.96 Å². The van der Waals surface area contributed by atoms with Crippen LogP contribution in [0.15, 0.2) is 38.6 Å². The molecular formula is C19H30BrIN4OS. The SMILES string of the molecule is CCNC(=NCC(C)Sc1ccc(Br)cc1)NCCCN1CCCC1=O.I. The third-order valence-corrected chi connectivity index (χ3v) is 5.69. The maximum Gasteiger partial charge on any atom is 0.222 e. The van der Waals surface area contributed by atoms with Gasteiger partial charge in [0.1, 0.15) is 0 Å². The summed E-state index contributed by atoms with van der Waals surface area (Å²) >= 11 is 5.29. The van der Waals surface area contributed by atoms with Gasteiger partial charge >= 0.3 is 0 Å². The number of rotatable bonds is 9. The second-order valence-corrected chi connectivity index (χ2v) is 8.79. The van der Waals surface area contributed by atoms with E-state index < -0.39 is 0 Å². The van der Waals surface area contributed by atoms with Crippen molar-refractivity contribution in [3.8, 4) is 0 Å². The number of hydrogen-bond donors (Lipinski definition) is 2. The van der Waals surface area contributed by atoms with E-state index in [0.29, 0.717) is 17.6 Å². The zero-order valence-corrected chi connectivity index (χ0v) is 20.8. The van der Waals surface area contributed by atoms with Crippen LogP contribution in [0.2, 0.25) is 0 Å². The molecule has 1 aliphatic rings. The van der Waals surface area contributed by atoms with Gasteiger partial charge in [-0.3, -0.25) is 9.79 Å². The molecule has 1 amide bonds. The fraction of sp³-hybridized carbons (Fsp3) is 0.579. The maximum atomic E-state index is 11.6. The molecule has 1 aromatic carbocycles. The quantitative estimate of drug-likeness (QED) is 0.155. The summed E-state index contributed by atoms with van der Waals surface area (Å²) in [6.45, 7) is 8.42. The number of halogens is 2. The number of amides is 1. The largest absolute Gasteiger partial charge is 0.357 e. The van der Waals surface area contributed by atoms with E-state index in [1.807, 2.05) is 16.7 Å².